The summed E-state index contributed by atoms with van der Waals surface area (Å²) in [6.45, 7) is 8.90. The highest BCUT2D eigenvalue weighted by molar-refractivity contribution is 5.71. The standard InChI is InChI=1S/C43H82O6/c1-5-7-9-11-12-13-20-23-27-30-34-41(44)47-37-40(49-43(46)36-32-25-10-8-6-2)38-48-42(45)35-31-28-24-21-18-16-14-15-17-19-22-26-29-33-39(3)4/h39-40H,5-38H2,1-4H3/t40-/m0/s1. The van der Waals surface area contributed by atoms with Gasteiger partial charge in [-0.3, -0.25) is 14.4 Å². The van der Waals surface area contributed by atoms with Crippen LogP contribution in [0, 0.1) is 5.92 Å². The van der Waals surface area contributed by atoms with Crippen molar-refractivity contribution in [3.05, 3.63) is 0 Å². The molecule has 0 bridgehead atoms. The van der Waals surface area contributed by atoms with E-state index in [1.54, 1.807) is 0 Å². The second-order valence-corrected chi connectivity index (χ2v) is 15.1. The predicted molar refractivity (Wildman–Crippen MR) is 206 cm³/mol. The molecule has 0 heterocycles. The number of esters is 3. The van der Waals surface area contributed by atoms with E-state index in [4.69, 9.17) is 14.2 Å². The van der Waals surface area contributed by atoms with Gasteiger partial charge < -0.3 is 14.2 Å². The van der Waals surface area contributed by atoms with Crippen LogP contribution in [0.2, 0.25) is 0 Å². The Hall–Kier alpha value is -1.59. The summed E-state index contributed by atoms with van der Waals surface area (Å²) < 4.78 is 16.5. The summed E-state index contributed by atoms with van der Waals surface area (Å²) in [7, 11) is 0. The van der Waals surface area contributed by atoms with Gasteiger partial charge in [-0.1, -0.05) is 195 Å². The highest BCUT2D eigenvalue weighted by Gasteiger charge is 2.19. The maximum absolute atomic E-state index is 12.5. The van der Waals surface area contributed by atoms with Gasteiger partial charge in [0.15, 0.2) is 6.10 Å². The molecular weight excluding hydrogens is 612 g/mol. The van der Waals surface area contributed by atoms with Gasteiger partial charge in [-0.15, -0.1) is 0 Å². The molecule has 290 valence electrons. The van der Waals surface area contributed by atoms with E-state index >= 15 is 0 Å². The molecule has 0 aliphatic rings. The third kappa shape index (κ3) is 37.5. The van der Waals surface area contributed by atoms with Gasteiger partial charge >= 0.3 is 17.9 Å². The van der Waals surface area contributed by atoms with Gasteiger partial charge in [0.1, 0.15) is 13.2 Å². The van der Waals surface area contributed by atoms with Crippen molar-refractivity contribution < 1.29 is 28.6 Å². The van der Waals surface area contributed by atoms with Crippen LogP contribution in [0.15, 0.2) is 0 Å². The molecule has 6 heteroatoms. The first kappa shape index (κ1) is 47.4. The Morgan fingerprint density at radius 2 is 0.673 bits per heavy atom. The topological polar surface area (TPSA) is 78.9 Å². The van der Waals surface area contributed by atoms with Crippen LogP contribution in [-0.4, -0.2) is 37.2 Å². The van der Waals surface area contributed by atoms with E-state index in [2.05, 4.69) is 27.7 Å². The third-order valence-corrected chi connectivity index (χ3v) is 9.54. The molecule has 0 aliphatic heterocycles. The number of ether oxygens (including phenoxy) is 3. The first-order valence-electron chi connectivity index (χ1n) is 21.4. The summed E-state index contributed by atoms with van der Waals surface area (Å²) in [5.41, 5.74) is 0. The SMILES string of the molecule is CCCCCCCCCCCCC(=O)OC[C@@H](COC(=O)CCCCCCCCCCCCCCCC(C)C)OC(=O)CCCCCCC. The maximum atomic E-state index is 12.5. The van der Waals surface area contributed by atoms with Crippen molar-refractivity contribution in [3.8, 4) is 0 Å². The fourth-order valence-electron chi connectivity index (χ4n) is 6.27. The van der Waals surface area contributed by atoms with Crippen LogP contribution in [-0.2, 0) is 28.6 Å². The van der Waals surface area contributed by atoms with Crippen LogP contribution in [0.4, 0.5) is 0 Å². The van der Waals surface area contributed by atoms with E-state index in [1.807, 2.05) is 0 Å². The van der Waals surface area contributed by atoms with Crippen molar-refractivity contribution in [3.63, 3.8) is 0 Å². The largest absolute Gasteiger partial charge is 0.462 e. The number of hydrogen-bond acceptors (Lipinski definition) is 6. The van der Waals surface area contributed by atoms with E-state index in [9.17, 15) is 14.4 Å². The summed E-state index contributed by atoms with van der Waals surface area (Å²) in [5.74, 6) is -0.0341. The first-order valence-corrected chi connectivity index (χ1v) is 21.4. The Morgan fingerprint density at radius 3 is 1.00 bits per heavy atom. The van der Waals surface area contributed by atoms with Crippen molar-refractivity contribution >= 4 is 17.9 Å². The highest BCUT2D eigenvalue weighted by atomic mass is 16.6. The summed E-state index contributed by atoms with van der Waals surface area (Å²) >= 11 is 0. The zero-order valence-electron chi connectivity index (χ0n) is 33.1. The lowest BCUT2D eigenvalue weighted by molar-refractivity contribution is -0.167. The van der Waals surface area contributed by atoms with Crippen molar-refractivity contribution in [2.75, 3.05) is 13.2 Å². The van der Waals surface area contributed by atoms with Crippen molar-refractivity contribution in [1.29, 1.82) is 0 Å². The molecule has 0 spiro atoms. The van der Waals surface area contributed by atoms with Gasteiger partial charge in [0, 0.05) is 19.3 Å². The number of carbonyl (C=O) groups is 3. The van der Waals surface area contributed by atoms with Crippen molar-refractivity contribution in [2.24, 2.45) is 5.92 Å². The Kier molecular flexibility index (Phi) is 36.4. The first-order chi connectivity index (χ1) is 23.9. The summed E-state index contributed by atoms with van der Waals surface area (Å²) in [4.78, 5) is 37.3. The average Bonchev–Trinajstić information content (AvgIpc) is 3.08. The number of hydrogen-bond donors (Lipinski definition) is 0. The second-order valence-electron chi connectivity index (χ2n) is 15.1. The second kappa shape index (κ2) is 37.7. The minimum absolute atomic E-state index is 0.0656. The molecule has 1 atom stereocenters. The smallest absolute Gasteiger partial charge is 0.306 e. The number of unbranched alkanes of at least 4 members (excludes halogenated alkanes) is 25. The van der Waals surface area contributed by atoms with Crippen molar-refractivity contribution in [2.45, 2.75) is 239 Å². The maximum Gasteiger partial charge on any atom is 0.306 e. The normalized spacial score (nSPS) is 11.9. The molecule has 49 heavy (non-hydrogen) atoms. The fourth-order valence-corrected chi connectivity index (χ4v) is 6.27. The molecule has 0 saturated heterocycles. The highest BCUT2D eigenvalue weighted by Crippen LogP contribution is 2.16. The molecule has 0 fully saturated rings. The van der Waals surface area contributed by atoms with Gasteiger partial charge in [0.25, 0.3) is 0 Å². The molecule has 6 nitrogen and oxygen atoms in total. The van der Waals surface area contributed by atoms with Gasteiger partial charge in [-0.2, -0.15) is 0 Å². The predicted octanol–water partition coefficient (Wildman–Crippen LogP) is 13.2. The minimum atomic E-state index is -0.756. The van der Waals surface area contributed by atoms with Gasteiger partial charge in [0.05, 0.1) is 0 Å². The lowest BCUT2D eigenvalue weighted by Gasteiger charge is -2.18. The molecule has 0 aromatic heterocycles. The van der Waals surface area contributed by atoms with Crippen LogP contribution in [0.1, 0.15) is 233 Å². The van der Waals surface area contributed by atoms with E-state index in [0.717, 1.165) is 70.1 Å². The third-order valence-electron chi connectivity index (χ3n) is 9.54. The van der Waals surface area contributed by atoms with Crippen molar-refractivity contribution in [1.82, 2.24) is 0 Å². The van der Waals surface area contributed by atoms with E-state index in [0.29, 0.717) is 19.3 Å². The summed E-state index contributed by atoms with van der Waals surface area (Å²) in [5, 5.41) is 0. The van der Waals surface area contributed by atoms with Gasteiger partial charge in [-0.25, -0.2) is 0 Å². The lowest BCUT2D eigenvalue weighted by atomic mass is 10.0. The molecule has 0 unspecified atom stereocenters. The summed E-state index contributed by atoms with van der Waals surface area (Å²) in [6, 6.07) is 0. The molecule has 0 saturated carbocycles. The van der Waals surface area contributed by atoms with E-state index in [1.165, 1.54) is 122 Å². The molecule has 0 radical (unpaired) electrons. The quantitative estimate of drug-likeness (QED) is 0.0364. The minimum Gasteiger partial charge on any atom is -0.462 e. The van der Waals surface area contributed by atoms with E-state index in [-0.39, 0.29) is 31.1 Å². The Morgan fingerprint density at radius 1 is 0.388 bits per heavy atom. The zero-order valence-corrected chi connectivity index (χ0v) is 33.1. The monoisotopic (exact) mass is 695 g/mol. The van der Waals surface area contributed by atoms with Crippen LogP contribution in [0.5, 0.6) is 0 Å². The fraction of sp³-hybridized carbons (Fsp3) is 0.930. The van der Waals surface area contributed by atoms with Crippen LogP contribution >= 0.6 is 0 Å². The van der Waals surface area contributed by atoms with Crippen LogP contribution in [0.3, 0.4) is 0 Å². The summed E-state index contributed by atoms with van der Waals surface area (Å²) in [6.07, 6.45) is 35.5. The average molecular weight is 695 g/mol. The molecule has 0 N–H and O–H groups in total. The molecule has 0 aromatic carbocycles. The zero-order chi connectivity index (χ0) is 36.0. The van der Waals surface area contributed by atoms with Gasteiger partial charge in [-0.05, 0) is 25.2 Å². The van der Waals surface area contributed by atoms with Gasteiger partial charge in [0.2, 0.25) is 0 Å². The Labute approximate surface area is 304 Å². The number of rotatable bonds is 38. The molecule has 0 amide bonds. The number of carbonyl (C=O) groups excluding carboxylic acids is 3. The lowest BCUT2D eigenvalue weighted by Crippen LogP contribution is -2.30. The Balaban J connectivity index is 4.13. The molecule has 0 aromatic rings. The molecular formula is C43H82O6. The molecule has 0 rings (SSSR count). The molecule has 0 aliphatic carbocycles. The van der Waals surface area contributed by atoms with E-state index < -0.39 is 6.10 Å². The Bertz CT molecular complexity index is 736. The van der Waals surface area contributed by atoms with Crippen LogP contribution < -0.4 is 0 Å². The van der Waals surface area contributed by atoms with Crippen LogP contribution in [0.25, 0.3) is 0 Å².